The summed E-state index contributed by atoms with van der Waals surface area (Å²) in [6, 6.07) is 0. The Morgan fingerprint density at radius 3 is 2.88 bits per heavy atom. The van der Waals surface area contributed by atoms with E-state index in [0.29, 0.717) is 31.6 Å². The van der Waals surface area contributed by atoms with E-state index in [4.69, 9.17) is 16.3 Å². The molecule has 0 aromatic carbocycles. The molecule has 0 spiro atoms. The van der Waals surface area contributed by atoms with E-state index in [2.05, 4.69) is 12.2 Å². The fraction of sp³-hybridized carbons (Fsp3) is 0.917. The van der Waals surface area contributed by atoms with E-state index in [0.717, 1.165) is 12.8 Å². The van der Waals surface area contributed by atoms with Crippen molar-refractivity contribution in [2.45, 2.75) is 32.6 Å². The van der Waals surface area contributed by atoms with Crippen LogP contribution in [-0.2, 0) is 9.53 Å². The molecule has 1 aliphatic carbocycles. The van der Waals surface area contributed by atoms with Crippen LogP contribution in [0, 0.1) is 11.8 Å². The van der Waals surface area contributed by atoms with E-state index >= 15 is 0 Å². The first kappa shape index (κ1) is 13.8. The van der Waals surface area contributed by atoms with Crippen LogP contribution in [0.4, 0.5) is 0 Å². The molecule has 2 atom stereocenters. The Bertz CT molecular complexity index is 211. The standard InChI is InChI=1S/C12H22ClNO2/c1-10-4-2-5-11(10)12(15)14-7-3-8-16-9-6-13/h10-11H,2-9H2,1H3,(H,14,15). The Kier molecular flexibility index (Phi) is 6.81. The summed E-state index contributed by atoms with van der Waals surface area (Å²) in [5.41, 5.74) is 0. The average molecular weight is 248 g/mol. The van der Waals surface area contributed by atoms with Crippen molar-refractivity contribution < 1.29 is 9.53 Å². The van der Waals surface area contributed by atoms with Gasteiger partial charge in [-0.15, -0.1) is 11.6 Å². The lowest BCUT2D eigenvalue weighted by Crippen LogP contribution is -2.33. The number of halogens is 1. The second-order valence-corrected chi connectivity index (χ2v) is 4.84. The van der Waals surface area contributed by atoms with Crippen LogP contribution >= 0.6 is 11.6 Å². The molecule has 0 aromatic heterocycles. The zero-order valence-electron chi connectivity index (χ0n) is 10.0. The normalized spacial score (nSPS) is 24.6. The highest BCUT2D eigenvalue weighted by Gasteiger charge is 2.29. The van der Waals surface area contributed by atoms with Gasteiger partial charge in [-0.05, 0) is 25.2 Å². The highest BCUT2D eigenvalue weighted by Crippen LogP contribution is 2.30. The fourth-order valence-electron chi connectivity index (χ4n) is 2.21. The molecule has 1 amide bonds. The SMILES string of the molecule is CC1CCCC1C(=O)NCCCOCCCl. The molecule has 0 aliphatic heterocycles. The van der Waals surface area contributed by atoms with Gasteiger partial charge in [0.15, 0.2) is 0 Å². The van der Waals surface area contributed by atoms with Crippen molar-refractivity contribution in [3.63, 3.8) is 0 Å². The number of amides is 1. The number of nitrogens with one attached hydrogen (secondary N) is 1. The summed E-state index contributed by atoms with van der Waals surface area (Å²) >= 11 is 5.47. The van der Waals surface area contributed by atoms with E-state index in [1.54, 1.807) is 0 Å². The Morgan fingerprint density at radius 2 is 2.25 bits per heavy atom. The van der Waals surface area contributed by atoms with E-state index in [1.807, 2.05) is 0 Å². The number of carbonyl (C=O) groups excluding carboxylic acids is 1. The molecule has 0 aromatic rings. The van der Waals surface area contributed by atoms with Crippen LogP contribution in [0.15, 0.2) is 0 Å². The third-order valence-corrected chi connectivity index (χ3v) is 3.34. The molecule has 1 rings (SSSR count). The summed E-state index contributed by atoms with van der Waals surface area (Å²) < 4.78 is 5.23. The largest absolute Gasteiger partial charge is 0.380 e. The summed E-state index contributed by atoms with van der Waals surface area (Å²) in [5.74, 6) is 1.55. The van der Waals surface area contributed by atoms with Crippen LogP contribution < -0.4 is 5.32 Å². The molecule has 0 heterocycles. The smallest absolute Gasteiger partial charge is 0.223 e. The minimum absolute atomic E-state index is 0.224. The van der Waals surface area contributed by atoms with Crippen molar-refractivity contribution in [3.8, 4) is 0 Å². The fourth-order valence-corrected chi connectivity index (χ4v) is 2.32. The van der Waals surface area contributed by atoms with E-state index in [1.165, 1.54) is 12.8 Å². The third kappa shape index (κ3) is 4.71. The maximum absolute atomic E-state index is 11.8. The second-order valence-electron chi connectivity index (χ2n) is 4.46. The topological polar surface area (TPSA) is 38.3 Å². The summed E-state index contributed by atoms with van der Waals surface area (Å²) in [5, 5.41) is 2.98. The van der Waals surface area contributed by atoms with Crippen molar-refractivity contribution in [3.05, 3.63) is 0 Å². The van der Waals surface area contributed by atoms with Crippen LogP contribution in [0.2, 0.25) is 0 Å². The van der Waals surface area contributed by atoms with Gasteiger partial charge in [0.2, 0.25) is 5.91 Å². The van der Waals surface area contributed by atoms with Gasteiger partial charge in [0.05, 0.1) is 6.61 Å². The number of hydrogen-bond donors (Lipinski definition) is 1. The Hall–Kier alpha value is -0.280. The summed E-state index contributed by atoms with van der Waals surface area (Å²) in [4.78, 5) is 11.8. The average Bonchev–Trinajstić information content (AvgIpc) is 2.69. The minimum Gasteiger partial charge on any atom is -0.380 e. The molecule has 0 bridgehead atoms. The molecule has 94 valence electrons. The first-order valence-corrected chi connectivity index (χ1v) is 6.70. The Labute approximate surface area is 103 Å². The van der Waals surface area contributed by atoms with Crippen molar-refractivity contribution in [1.82, 2.24) is 5.32 Å². The molecule has 4 heteroatoms. The van der Waals surface area contributed by atoms with Gasteiger partial charge in [0.25, 0.3) is 0 Å². The monoisotopic (exact) mass is 247 g/mol. The van der Waals surface area contributed by atoms with Crippen LogP contribution in [0.25, 0.3) is 0 Å². The number of rotatable bonds is 7. The molecule has 1 saturated carbocycles. The van der Waals surface area contributed by atoms with Crippen molar-refractivity contribution in [2.24, 2.45) is 11.8 Å². The Morgan fingerprint density at radius 1 is 1.44 bits per heavy atom. The highest BCUT2D eigenvalue weighted by atomic mass is 35.5. The predicted molar refractivity (Wildman–Crippen MR) is 65.7 cm³/mol. The van der Waals surface area contributed by atoms with Crippen molar-refractivity contribution in [1.29, 1.82) is 0 Å². The van der Waals surface area contributed by atoms with Crippen molar-refractivity contribution in [2.75, 3.05) is 25.6 Å². The molecule has 16 heavy (non-hydrogen) atoms. The zero-order valence-corrected chi connectivity index (χ0v) is 10.8. The van der Waals surface area contributed by atoms with E-state index < -0.39 is 0 Å². The number of ether oxygens (including phenoxy) is 1. The summed E-state index contributed by atoms with van der Waals surface area (Å²) in [6.45, 7) is 4.15. The first-order valence-electron chi connectivity index (χ1n) is 6.17. The molecule has 0 saturated heterocycles. The van der Waals surface area contributed by atoms with Gasteiger partial charge in [-0.1, -0.05) is 13.3 Å². The lowest BCUT2D eigenvalue weighted by molar-refractivity contribution is -0.125. The van der Waals surface area contributed by atoms with Gasteiger partial charge in [0, 0.05) is 24.9 Å². The summed E-state index contributed by atoms with van der Waals surface area (Å²) in [6.07, 6.45) is 4.30. The van der Waals surface area contributed by atoms with Gasteiger partial charge >= 0.3 is 0 Å². The lowest BCUT2D eigenvalue weighted by Gasteiger charge is -2.14. The van der Waals surface area contributed by atoms with Gasteiger partial charge in [0.1, 0.15) is 0 Å². The molecule has 1 aliphatic rings. The third-order valence-electron chi connectivity index (χ3n) is 3.18. The van der Waals surface area contributed by atoms with Gasteiger partial charge in [-0.2, -0.15) is 0 Å². The number of alkyl halides is 1. The lowest BCUT2D eigenvalue weighted by atomic mass is 9.97. The van der Waals surface area contributed by atoms with Crippen LogP contribution in [0.1, 0.15) is 32.6 Å². The summed E-state index contributed by atoms with van der Waals surface area (Å²) in [7, 11) is 0. The molecular formula is C12H22ClNO2. The maximum Gasteiger partial charge on any atom is 0.223 e. The second kappa shape index (κ2) is 7.91. The molecule has 1 N–H and O–H groups in total. The van der Waals surface area contributed by atoms with Crippen LogP contribution in [-0.4, -0.2) is 31.5 Å². The molecular weight excluding hydrogens is 226 g/mol. The predicted octanol–water partition coefficient (Wildman–Crippen LogP) is 2.18. The molecule has 1 fully saturated rings. The molecule has 3 nitrogen and oxygen atoms in total. The quantitative estimate of drug-likeness (QED) is 0.553. The van der Waals surface area contributed by atoms with E-state index in [-0.39, 0.29) is 11.8 Å². The molecule has 0 radical (unpaired) electrons. The highest BCUT2D eigenvalue weighted by molar-refractivity contribution is 6.17. The number of carbonyl (C=O) groups is 1. The van der Waals surface area contributed by atoms with Crippen LogP contribution in [0.3, 0.4) is 0 Å². The van der Waals surface area contributed by atoms with Gasteiger partial charge in [-0.25, -0.2) is 0 Å². The first-order chi connectivity index (χ1) is 7.75. The number of hydrogen-bond acceptors (Lipinski definition) is 2. The minimum atomic E-state index is 0.224. The van der Waals surface area contributed by atoms with Crippen molar-refractivity contribution >= 4 is 17.5 Å². The van der Waals surface area contributed by atoms with E-state index in [9.17, 15) is 4.79 Å². The van der Waals surface area contributed by atoms with Crippen LogP contribution in [0.5, 0.6) is 0 Å². The Balaban J connectivity index is 2.02. The maximum atomic E-state index is 11.8. The molecule has 2 unspecified atom stereocenters. The van der Waals surface area contributed by atoms with Gasteiger partial charge in [-0.3, -0.25) is 4.79 Å². The zero-order chi connectivity index (χ0) is 11.8. The van der Waals surface area contributed by atoms with Gasteiger partial charge < -0.3 is 10.1 Å².